The number of benzene rings is 1. The van der Waals surface area contributed by atoms with E-state index in [1.807, 2.05) is 43.3 Å². The molecule has 0 aliphatic heterocycles. The zero-order valence-electron chi connectivity index (χ0n) is 17.5. The summed E-state index contributed by atoms with van der Waals surface area (Å²) in [4.78, 5) is 12.6. The zero-order chi connectivity index (χ0) is 20.0. The van der Waals surface area contributed by atoms with Crippen LogP contribution in [0.5, 0.6) is 0 Å². The highest BCUT2D eigenvalue weighted by Gasteiger charge is 2.40. The quantitative estimate of drug-likeness (QED) is 0.582. The molecule has 0 saturated carbocycles. The second-order valence-corrected chi connectivity index (χ2v) is 13.4. The Labute approximate surface area is 160 Å². The molecule has 1 aromatic rings. The van der Waals surface area contributed by atoms with Gasteiger partial charge in [-0.3, -0.25) is 4.79 Å². The molecule has 0 radical (unpaired) electrons. The second kappa shape index (κ2) is 9.63. The van der Waals surface area contributed by atoms with Crippen molar-refractivity contribution in [2.24, 2.45) is 5.92 Å². The molecule has 0 spiro atoms. The minimum absolute atomic E-state index is 0.0563. The molecule has 0 aliphatic carbocycles. The molecule has 3 nitrogen and oxygen atoms in total. The summed E-state index contributed by atoms with van der Waals surface area (Å²) in [5.41, 5.74) is 1.01. The van der Waals surface area contributed by atoms with E-state index in [-0.39, 0.29) is 29.3 Å². The van der Waals surface area contributed by atoms with Crippen molar-refractivity contribution in [1.29, 1.82) is 0 Å². The second-order valence-electron chi connectivity index (χ2n) is 8.62. The van der Waals surface area contributed by atoms with Gasteiger partial charge in [-0.1, -0.05) is 77.1 Å². The molecule has 0 saturated heterocycles. The van der Waals surface area contributed by atoms with Crippen LogP contribution in [0, 0.1) is 5.92 Å². The van der Waals surface area contributed by atoms with Crippen LogP contribution in [0.2, 0.25) is 18.1 Å². The monoisotopic (exact) mass is 376 g/mol. The minimum atomic E-state index is -1.93. The fraction of sp³-hybridized carbons (Fsp3) is 0.591. The number of Topliss-reactive ketones (excluding diaryl/α,β-unsaturated/α-hetero) is 1. The van der Waals surface area contributed by atoms with E-state index in [0.717, 1.165) is 12.0 Å². The van der Waals surface area contributed by atoms with Gasteiger partial charge in [-0.05, 0) is 30.1 Å². The van der Waals surface area contributed by atoms with E-state index in [2.05, 4.69) is 40.8 Å². The van der Waals surface area contributed by atoms with Gasteiger partial charge in [-0.25, -0.2) is 0 Å². The number of rotatable bonds is 9. The summed E-state index contributed by atoms with van der Waals surface area (Å²) >= 11 is 0. The van der Waals surface area contributed by atoms with Gasteiger partial charge in [-0.15, -0.1) is 0 Å². The SMILES string of the molecule is CC[C@H](O[Si](C)(C)C(C)(C)C)[C@@H](C)C(=O)C[C@@H](O)/C=C/c1ccccc1. The van der Waals surface area contributed by atoms with Crippen LogP contribution in [0.4, 0.5) is 0 Å². The Balaban J connectivity index is 2.68. The lowest BCUT2D eigenvalue weighted by molar-refractivity contribution is -0.126. The van der Waals surface area contributed by atoms with Crippen molar-refractivity contribution >= 4 is 20.2 Å². The van der Waals surface area contributed by atoms with Crippen LogP contribution in [0.3, 0.4) is 0 Å². The molecular formula is C22H36O3Si. The minimum Gasteiger partial charge on any atom is -0.413 e. The van der Waals surface area contributed by atoms with Gasteiger partial charge in [0.2, 0.25) is 0 Å². The molecule has 146 valence electrons. The van der Waals surface area contributed by atoms with Gasteiger partial charge in [0.1, 0.15) is 5.78 Å². The van der Waals surface area contributed by atoms with Crippen molar-refractivity contribution in [2.45, 2.75) is 77.8 Å². The van der Waals surface area contributed by atoms with Crippen molar-refractivity contribution in [3.63, 3.8) is 0 Å². The molecule has 3 atom stereocenters. The largest absolute Gasteiger partial charge is 0.413 e. The Morgan fingerprint density at radius 3 is 2.31 bits per heavy atom. The number of aliphatic hydroxyl groups excluding tert-OH is 1. The normalized spacial score (nSPS) is 16.5. The Kier molecular flexibility index (Phi) is 8.45. The molecule has 0 heterocycles. The highest BCUT2D eigenvalue weighted by molar-refractivity contribution is 6.74. The van der Waals surface area contributed by atoms with Crippen LogP contribution in [0.1, 0.15) is 53.0 Å². The van der Waals surface area contributed by atoms with Crippen LogP contribution in [0.25, 0.3) is 6.08 Å². The Bertz CT molecular complexity index is 587. The number of carbonyl (C=O) groups is 1. The third-order valence-corrected chi connectivity index (χ3v) is 9.95. The molecule has 0 fully saturated rings. The Morgan fingerprint density at radius 1 is 1.23 bits per heavy atom. The number of hydrogen-bond acceptors (Lipinski definition) is 3. The van der Waals surface area contributed by atoms with Crippen molar-refractivity contribution in [1.82, 2.24) is 0 Å². The topological polar surface area (TPSA) is 46.5 Å². The van der Waals surface area contributed by atoms with Crippen LogP contribution in [-0.4, -0.2) is 31.4 Å². The summed E-state index contributed by atoms with van der Waals surface area (Å²) in [7, 11) is -1.93. The Hall–Kier alpha value is -1.23. The number of hydrogen-bond donors (Lipinski definition) is 1. The average Bonchev–Trinajstić information content (AvgIpc) is 2.57. The fourth-order valence-corrected chi connectivity index (χ4v) is 4.03. The maximum atomic E-state index is 12.6. The molecule has 0 aliphatic rings. The van der Waals surface area contributed by atoms with E-state index in [1.54, 1.807) is 6.08 Å². The first-order valence-electron chi connectivity index (χ1n) is 9.59. The smallest absolute Gasteiger partial charge is 0.192 e. The molecule has 0 bridgehead atoms. The van der Waals surface area contributed by atoms with E-state index in [4.69, 9.17) is 4.43 Å². The summed E-state index contributed by atoms with van der Waals surface area (Å²) in [6.45, 7) is 15.0. The third kappa shape index (κ3) is 6.82. The molecule has 1 N–H and O–H groups in total. The lowest BCUT2D eigenvalue weighted by Crippen LogP contribution is -2.46. The van der Waals surface area contributed by atoms with Gasteiger partial charge in [0.05, 0.1) is 12.2 Å². The molecule has 26 heavy (non-hydrogen) atoms. The summed E-state index contributed by atoms with van der Waals surface area (Å²) in [6.07, 6.45) is 3.61. The number of ketones is 1. The maximum absolute atomic E-state index is 12.6. The molecule has 4 heteroatoms. The predicted octanol–water partition coefficient (Wildman–Crippen LogP) is 5.46. The van der Waals surface area contributed by atoms with E-state index in [0.29, 0.717) is 0 Å². The van der Waals surface area contributed by atoms with Crippen molar-refractivity contribution in [3.05, 3.63) is 42.0 Å². The summed E-state index contributed by atoms with van der Waals surface area (Å²) in [5, 5.41) is 10.3. The van der Waals surface area contributed by atoms with E-state index in [9.17, 15) is 9.90 Å². The lowest BCUT2D eigenvalue weighted by Gasteiger charge is -2.40. The summed E-state index contributed by atoms with van der Waals surface area (Å²) in [6, 6.07) is 9.78. The van der Waals surface area contributed by atoms with Crippen LogP contribution in [-0.2, 0) is 9.22 Å². The van der Waals surface area contributed by atoms with Gasteiger partial charge in [0, 0.05) is 12.3 Å². The average molecular weight is 377 g/mol. The first-order valence-corrected chi connectivity index (χ1v) is 12.5. The first-order chi connectivity index (χ1) is 12.0. The highest BCUT2D eigenvalue weighted by Crippen LogP contribution is 2.38. The van der Waals surface area contributed by atoms with Gasteiger partial charge < -0.3 is 9.53 Å². The van der Waals surface area contributed by atoms with E-state index in [1.165, 1.54) is 0 Å². The van der Waals surface area contributed by atoms with Crippen LogP contribution in [0.15, 0.2) is 36.4 Å². The molecule has 1 aromatic carbocycles. The Morgan fingerprint density at radius 2 is 1.81 bits per heavy atom. The molecule has 1 rings (SSSR count). The fourth-order valence-electron chi connectivity index (χ4n) is 2.55. The van der Waals surface area contributed by atoms with Crippen molar-refractivity contribution in [3.8, 4) is 0 Å². The molecule has 0 aromatic heterocycles. The first kappa shape index (κ1) is 22.8. The van der Waals surface area contributed by atoms with Gasteiger partial charge in [0.25, 0.3) is 0 Å². The van der Waals surface area contributed by atoms with Crippen LogP contribution < -0.4 is 0 Å². The third-order valence-electron chi connectivity index (χ3n) is 5.44. The zero-order valence-corrected chi connectivity index (χ0v) is 18.5. The highest BCUT2D eigenvalue weighted by atomic mass is 28.4. The van der Waals surface area contributed by atoms with Gasteiger partial charge in [-0.2, -0.15) is 0 Å². The van der Waals surface area contributed by atoms with Gasteiger partial charge in [0.15, 0.2) is 8.32 Å². The van der Waals surface area contributed by atoms with Crippen molar-refractivity contribution in [2.75, 3.05) is 0 Å². The lowest BCUT2D eigenvalue weighted by atomic mass is 9.94. The summed E-state index contributed by atoms with van der Waals surface area (Å²) < 4.78 is 6.46. The standard InChI is InChI=1S/C22H36O3Si/c1-8-21(25-26(6,7)22(3,4)5)17(2)20(24)16-19(23)15-14-18-12-10-9-11-13-18/h9-15,17,19,21,23H,8,16H2,1-7H3/b15-14+/t17-,19-,21-/m0/s1. The van der Waals surface area contributed by atoms with Crippen molar-refractivity contribution < 1.29 is 14.3 Å². The summed E-state index contributed by atoms with van der Waals surface area (Å²) in [5.74, 6) is -0.158. The van der Waals surface area contributed by atoms with Crippen LogP contribution >= 0.6 is 0 Å². The molecule has 0 unspecified atom stereocenters. The maximum Gasteiger partial charge on any atom is 0.192 e. The van der Waals surface area contributed by atoms with Gasteiger partial charge >= 0.3 is 0 Å². The van der Waals surface area contributed by atoms with E-state index >= 15 is 0 Å². The molecule has 0 amide bonds. The molecular weight excluding hydrogens is 340 g/mol. The predicted molar refractivity (Wildman–Crippen MR) is 113 cm³/mol. The number of aliphatic hydroxyl groups is 1. The number of carbonyl (C=O) groups excluding carboxylic acids is 1. The van der Waals surface area contributed by atoms with E-state index < -0.39 is 14.4 Å².